The lowest BCUT2D eigenvalue weighted by molar-refractivity contribution is 0.00641. The maximum Gasteiger partial charge on any atom is 0.122 e. The van der Waals surface area contributed by atoms with Crippen molar-refractivity contribution in [2.75, 3.05) is 6.54 Å². The van der Waals surface area contributed by atoms with Crippen molar-refractivity contribution in [2.45, 2.75) is 49.9 Å². The van der Waals surface area contributed by atoms with Crippen LogP contribution in [0, 0.1) is 0 Å². The Bertz CT molecular complexity index is 352. The zero-order chi connectivity index (χ0) is 11.8. The first-order valence-corrected chi connectivity index (χ1v) is 6.48. The van der Waals surface area contributed by atoms with Crippen LogP contribution in [0.2, 0.25) is 0 Å². The molecule has 0 spiro atoms. The van der Waals surface area contributed by atoms with Crippen LogP contribution in [-0.4, -0.2) is 34.7 Å². The van der Waals surface area contributed by atoms with Crippen LogP contribution in [-0.2, 0) is 0 Å². The number of piperidine rings is 1. The van der Waals surface area contributed by atoms with Crippen molar-refractivity contribution in [3.63, 3.8) is 0 Å². The lowest BCUT2D eigenvalue weighted by Gasteiger charge is -2.41. The van der Waals surface area contributed by atoms with Crippen LogP contribution >= 0.6 is 0 Å². The Labute approximate surface area is 101 Å². The summed E-state index contributed by atoms with van der Waals surface area (Å²) in [5.41, 5.74) is 5.92. The van der Waals surface area contributed by atoms with Gasteiger partial charge in [-0.15, -0.1) is 0 Å². The molecule has 1 aromatic heterocycles. The van der Waals surface area contributed by atoms with Crippen LogP contribution in [0.1, 0.15) is 37.5 Å². The molecule has 2 bridgehead atoms. The Kier molecular flexibility index (Phi) is 2.94. The fraction of sp³-hybridized carbons (Fsp3) is 0.692. The second-order valence-corrected chi connectivity index (χ2v) is 5.22. The van der Waals surface area contributed by atoms with Crippen LogP contribution in [0.15, 0.2) is 22.8 Å². The number of nitrogens with two attached hydrogens (primary N) is 1. The van der Waals surface area contributed by atoms with Gasteiger partial charge in [0.05, 0.1) is 18.4 Å². The van der Waals surface area contributed by atoms with Crippen molar-refractivity contribution in [1.29, 1.82) is 0 Å². The second kappa shape index (κ2) is 4.44. The number of hydrogen-bond acceptors (Lipinski definition) is 4. The smallest absolute Gasteiger partial charge is 0.122 e. The van der Waals surface area contributed by atoms with E-state index in [1.807, 2.05) is 12.1 Å². The molecule has 2 aliphatic rings. The van der Waals surface area contributed by atoms with E-state index in [2.05, 4.69) is 4.90 Å². The molecule has 4 heteroatoms. The molecule has 1 aromatic rings. The number of fused-ring (bicyclic) bond motifs is 2. The lowest BCUT2D eigenvalue weighted by atomic mass is 9.97. The number of furan rings is 1. The first-order valence-electron chi connectivity index (χ1n) is 6.48. The summed E-state index contributed by atoms with van der Waals surface area (Å²) < 4.78 is 5.51. The van der Waals surface area contributed by atoms with Gasteiger partial charge in [-0.05, 0) is 37.8 Å². The van der Waals surface area contributed by atoms with E-state index < -0.39 is 0 Å². The largest absolute Gasteiger partial charge is 0.468 e. The second-order valence-electron chi connectivity index (χ2n) is 5.22. The minimum atomic E-state index is -0.126. The summed E-state index contributed by atoms with van der Waals surface area (Å²) in [4.78, 5) is 2.48. The van der Waals surface area contributed by atoms with Gasteiger partial charge in [0, 0.05) is 18.6 Å². The molecule has 3 unspecified atom stereocenters. The number of nitrogens with zero attached hydrogens (tertiary/aromatic N) is 1. The van der Waals surface area contributed by atoms with Gasteiger partial charge in [0.1, 0.15) is 5.76 Å². The van der Waals surface area contributed by atoms with E-state index in [4.69, 9.17) is 10.2 Å². The predicted octanol–water partition coefficient (Wildman–Crippen LogP) is 1.27. The highest BCUT2D eigenvalue weighted by Crippen LogP contribution is 2.41. The summed E-state index contributed by atoms with van der Waals surface area (Å²) >= 11 is 0. The first kappa shape index (κ1) is 11.3. The third-order valence-corrected chi connectivity index (χ3v) is 4.22. The van der Waals surface area contributed by atoms with Crippen LogP contribution < -0.4 is 5.73 Å². The van der Waals surface area contributed by atoms with Gasteiger partial charge in [-0.3, -0.25) is 4.90 Å². The predicted molar refractivity (Wildman–Crippen MR) is 64.4 cm³/mol. The van der Waals surface area contributed by atoms with Crippen molar-refractivity contribution in [1.82, 2.24) is 4.90 Å². The molecule has 2 fully saturated rings. The maximum atomic E-state index is 9.81. The third-order valence-electron chi connectivity index (χ3n) is 4.22. The van der Waals surface area contributed by atoms with Crippen molar-refractivity contribution in [2.24, 2.45) is 5.73 Å². The molecule has 0 aliphatic carbocycles. The van der Waals surface area contributed by atoms with E-state index in [1.54, 1.807) is 6.26 Å². The average molecular weight is 236 g/mol. The van der Waals surface area contributed by atoms with Crippen molar-refractivity contribution in [3.8, 4) is 0 Å². The van der Waals surface area contributed by atoms with Crippen LogP contribution in [0.4, 0.5) is 0 Å². The summed E-state index contributed by atoms with van der Waals surface area (Å²) in [5, 5.41) is 9.81. The SMILES string of the molecule is NCC(c1ccco1)N1C2CCC1CC(O)C2. The number of hydrogen-bond donors (Lipinski definition) is 2. The van der Waals surface area contributed by atoms with Crippen molar-refractivity contribution >= 4 is 0 Å². The molecule has 3 N–H and O–H groups in total. The van der Waals surface area contributed by atoms with Gasteiger partial charge in [-0.2, -0.15) is 0 Å². The van der Waals surface area contributed by atoms with Gasteiger partial charge >= 0.3 is 0 Å². The minimum Gasteiger partial charge on any atom is -0.468 e. The molecule has 0 saturated carbocycles. The summed E-state index contributed by atoms with van der Waals surface area (Å²) in [6.07, 6.45) is 5.71. The number of rotatable bonds is 3. The van der Waals surface area contributed by atoms with Gasteiger partial charge in [-0.1, -0.05) is 0 Å². The van der Waals surface area contributed by atoms with Gasteiger partial charge in [0.25, 0.3) is 0 Å². The van der Waals surface area contributed by atoms with E-state index in [0.29, 0.717) is 18.6 Å². The van der Waals surface area contributed by atoms with Gasteiger partial charge in [-0.25, -0.2) is 0 Å². The quantitative estimate of drug-likeness (QED) is 0.829. The van der Waals surface area contributed by atoms with E-state index in [9.17, 15) is 5.11 Å². The van der Waals surface area contributed by atoms with E-state index in [1.165, 1.54) is 12.8 Å². The molecule has 3 rings (SSSR count). The highest BCUT2D eigenvalue weighted by atomic mass is 16.3. The van der Waals surface area contributed by atoms with Crippen LogP contribution in [0.25, 0.3) is 0 Å². The molecule has 3 atom stereocenters. The lowest BCUT2D eigenvalue weighted by Crippen LogP contribution is -2.48. The highest BCUT2D eigenvalue weighted by molar-refractivity contribution is 5.09. The molecule has 94 valence electrons. The Hall–Kier alpha value is -0.840. The summed E-state index contributed by atoms with van der Waals surface area (Å²) in [6, 6.07) is 5.04. The molecule has 2 aliphatic heterocycles. The Morgan fingerprint density at radius 3 is 2.65 bits per heavy atom. The van der Waals surface area contributed by atoms with E-state index >= 15 is 0 Å². The van der Waals surface area contributed by atoms with Gasteiger partial charge < -0.3 is 15.3 Å². The van der Waals surface area contributed by atoms with Crippen LogP contribution in [0.5, 0.6) is 0 Å². The Morgan fingerprint density at radius 1 is 1.41 bits per heavy atom. The third kappa shape index (κ3) is 1.90. The zero-order valence-electron chi connectivity index (χ0n) is 9.96. The molecule has 2 saturated heterocycles. The number of aliphatic hydroxyl groups excluding tert-OH is 1. The van der Waals surface area contributed by atoms with Gasteiger partial charge in [0.2, 0.25) is 0 Å². The fourth-order valence-corrected chi connectivity index (χ4v) is 3.56. The van der Waals surface area contributed by atoms with Gasteiger partial charge in [0.15, 0.2) is 0 Å². The van der Waals surface area contributed by atoms with Crippen molar-refractivity contribution in [3.05, 3.63) is 24.2 Å². The monoisotopic (exact) mass is 236 g/mol. The molecule has 17 heavy (non-hydrogen) atoms. The number of aliphatic hydroxyl groups is 1. The fourth-order valence-electron chi connectivity index (χ4n) is 3.56. The van der Waals surface area contributed by atoms with Crippen LogP contribution in [0.3, 0.4) is 0 Å². The molecule has 0 aromatic carbocycles. The van der Waals surface area contributed by atoms with E-state index in [0.717, 1.165) is 18.6 Å². The summed E-state index contributed by atoms with van der Waals surface area (Å²) in [7, 11) is 0. The maximum absolute atomic E-state index is 9.81. The molecule has 3 heterocycles. The molecular formula is C13H20N2O2. The van der Waals surface area contributed by atoms with E-state index in [-0.39, 0.29) is 12.1 Å². The Morgan fingerprint density at radius 2 is 2.12 bits per heavy atom. The normalized spacial score (nSPS) is 35.1. The first-order chi connectivity index (χ1) is 8.29. The zero-order valence-corrected chi connectivity index (χ0v) is 9.96. The summed E-state index contributed by atoms with van der Waals surface area (Å²) in [6.45, 7) is 0.580. The standard InChI is InChI=1S/C13H20N2O2/c14-8-12(13-2-1-5-17-13)15-9-3-4-10(15)7-11(16)6-9/h1-2,5,9-12,16H,3-4,6-8,14H2. The molecule has 0 radical (unpaired) electrons. The van der Waals surface area contributed by atoms with Crippen molar-refractivity contribution < 1.29 is 9.52 Å². The average Bonchev–Trinajstić information content (AvgIpc) is 2.90. The molecule has 4 nitrogen and oxygen atoms in total. The molecule has 0 amide bonds. The summed E-state index contributed by atoms with van der Waals surface area (Å²) in [5.74, 6) is 0.959. The molecular weight excluding hydrogens is 216 g/mol. The Balaban J connectivity index is 1.84. The topological polar surface area (TPSA) is 62.6 Å². The minimum absolute atomic E-state index is 0.126. The highest BCUT2D eigenvalue weighted by Gasteiger charge is 2.44.